The van der Waals surface area contributed by atoms with Gasteiger partial charge in [0.25, 0.3) is 0 Å². The molecule has 1 N–H and O–H groups in total. The molecule has 0 atom stereocenters. The van der Waals surface area contributed by atoms with E-state index in [9.17, 15) is 0 Å². The number of methoxy groups -OCH3 is 1. The molecule has 120 valence electrons. The maximum Gasteiger partial charge on any atom is 0.0716 e. The van der Waals surface area contributed by atoms with E-state index in [0.717, 1.165) is 26.1 Å². The van der Waals surface area contributed by atoms with Gasteiger partial charge in [0.15, 0.2) is 0 Å². The van der Waals surface area contributed by atoms with Crippen LogP contribution >= 0.6 is 0 Å². The standard InChI is InChI=1S/C18H31NO2/c1-15(2)12-19-13-16-7-6-8-17(11-16)14-21-10-9-18(3,4)20-5/h6-8,11,15,19H,9-10,12-14H2,1-5H3. The molecule has 21 heavy (non-hydrogen) atoms. The summed E-state index contributed by atoms with van der Waals surface area (Å²) in [4.78, 5) is 0. The second kappa shape index (κ2) is 9.19. The van der Waals surface area contributed by atoms with Gasteiger partial charge in [-0.25, -0.2) is 0 Å². The van der Waals surface area contributed by atoms with Gasteiger partial charge in [-0.05, 0) is 43.9 Å². The van der Waals surface area contributed by atoms with Crippen molar-refractivity contribution in [2.24, 2.45) is 5.92 Å². The molecule has 0 radical (unpaired) electrons. The average molecular weight is 293 g/mol. The van der Waals surface area contributed by atoms with Crippen molar-refractivity contribution in [1.82, 2.24) is 5.32 Å². The molecule has 0 amide bonds. The lowest BCUT2D eigenvalue weighted by atomic mass is 10.1. The molecule has 3 nitrogen and oxygen atoms in total. The summed E-state index contributed by atoms with van der Waals surface area (Å²) >= 11 is 0. The third kappa shape index (κ3) is 8.20. The molecule has 1 aromatic rings. The summed E-state index contributed by atoms with van der Waals surface area (Å²) in [6.07, 6.45) is 0.902. The number of rotatable bonds is 10. The highest BCUT2D eigenvalue weighted by molar-refractivity contribution is 5.22. The van der Waals surface area contributed by atoms with Gasteiger partial charge in [0.2, 0.25) is 0 Å². The van der Waals surface area contributed by atoms with Crippen LogP contribution in [-0.4, -0.2) is 25.9 Å². The summed E-state index contributed by atoms with van der Waals surface area (Å²) in [5.41, 5.74) is 2.44. The van der Waals surface area contributed by atoms with Crippen LogP contribution in [0, 0.1) is 5.92 Å². The molecule has 0 heterocycles. The average Bonchev–Trinajstić information content (AvgIpc) is 2.44. The summed E-state index contributed by atoms with van der Waals surface area (Å²) in [7, 11) is 1.74. The zero-order chi connectivity index (χ0) is 15.7. The number of nitrogens with one attached hydrogen (secondary N) is 1. The van der Waals surface area contributed by atoms with Crippen LogP contribution in [0.2, 0.25) is 0 Å². The van der Waals surface area contributed by atoms with Gasteiger partial charge in [0, 0.05) is 20.3 Å². The van der Waals surface area contributed by atoms with E-state index in [2.05, 4.69) is 57.3 Å². The highest BCUT2D eigenvalue weighted by Crippen LogP contribution is 2.13. The molecule has 1 aromatic carbocycles. The molecular formula is C18H31NO2. The molecule has 0 aromatic heterocycles. The van der Waals surface area contributed by atoms with Crippen molar-refractivity contribution < 1.29 is 9.47 Å². The van der Waals surface area contributed by atoms with Crippen LogP contribution in [0.25, 0.3) is 0 Å². The number of hydrogen-bond acceptors (Lipinski definition) is 3. The van der Waals surface area contributed by atoms with Gasteiger partial charge in [-0.2, -0.15) is 0 Å². The van der Waals surface area contributed by atoms with Gasteiger partial charge in [-0.1, -0.05) is 38.1 Å². The lowest BCUT2D eigenvalue weighted by molar-refractivity contribution is -0.0124. The van der Waals surface area contributed by atoms with Gasteiger partial charge in [0.1, 0.15) is 0 Å². The Morgan fingerprint density at radius 1 is 1.19 bits per heavy atom. The van der Waals surface area contributed by atoms with E-state index in [1.54, 1.807) is 7.11 Å². The molecule has 0 spiro atoms. The zero-order valence-electron chi connectivity index (χ0n) is 14.2. The van der Waals surface area contributed by atoms with Crippen molar-refractivity contribution in [2.45, 2.75) is 52.9 Å². The van der Waals surface area contributed by atoms with Crippen LogP contribution in [0.1, 0.15) is 45.2 Å². The number of ether oxygens (including phenoxy) is 2. The lowest BCUT2D eigenvalue weighted by Gasteiger charge is -2.22. The predicted molar refractivity (Wildman–Crippen MR) is 88.3 cm³/mol. The fraction of sp³-hybridized carbons (Fsp3) is 0.667. The zero-order valence-corrected chi connectivity index (χ0v) is 14.2. The van der Waals surface area contributed by atoms with Crippen LogP contribution in [0.3, 0.4) is 0 Å². The Balaban J connectivity index is 2.32. The van der Waals surface area contributed by atoms with E-state index in [-0.39, 0.29) is 5.60 Å². The van der Waals surface area contributed by atoms with Crippen LogP contribution in [0.4, 0.5) is 0 Å². The van der Waals surface area contributed by atoms with Gasteiger partial charge < -0.3 is 14.8 Å². The molecule has 0 aliphatic heterocycles. The third-order valence-corrected chi connectivity index (χ3v) is 3.54. The monoisotopic (exact) mass is 293 g/mol. The number of hydrogen-bond donors (Lipinski definition) is 1. The van der Waals surface area contributed by atoms with Crippen LogP contribution in [-0.2, 0) is 22.6 Å². The molecule has 0 fully saturated rings. The van der Waals surface area contributed by atoms with Gasteiger partial charge in [0.05, 0.1) is 12.2 Å². The Hall–Kier alpha value is -0.900. The lowest BCUT2D eigenvalue weighted by Crippen LogP contribution is -2.24. The maximum absolute atomic E-state index is 5.75. The van der Waals surface area contributed by atoms with Gasteiger partial charge in [-0.3, -0.25) is 0 Å². The van der Waals surface area contributed by atoms with Crippen LogP contribution in [0.15, 0.2) is 24.3 Å². The highest BCUT2D eigenvalue weighted by Gasteiger charge is 2.15. The summed E-state index contributed by atoms with van der Waals surface area (Å²) in [5.74, 6) is 0.681. The number of benzene rings is 1. The Labute approximate surface area is 130 Å². The fourth-order valence-corrected chi connectivity index (χ4v) is 1.94. The van der Waals surface area contributed by atoms with Crippen molar-refractivity contribution in [3.05, 3.63) is 35.4 Å². The first-order valence-electron chi connectivity index (χ1n) is 7.84. The minimum Gasteiger partial charge on any atom is -0.379 e. The van der Waals surface area contributed by atoms with Crippen molar-refractivity contribution in [3.8, 4) is 0 Å². The SMILES string of the molecule is COC(C)(C)CCOCc1cccc(CNCC(C)C)c1. The highest BCUT2D eigenvalue weighted by atomic mass is 16.5. The molecule has 1 rings (SSSR count). The fourth-order valence-electron chi connectivity index (χ4n) is 1.94. The minimum absolute atomic E-state index is 0.109. The first-order chi connectivity index (χ1) is 9.93. The molecule has 0 aliphatic carbocycles. The van der Waals surface area contributed by atoms with E-state index in [1.165, 1.54) is 11.1 Å². The normalized spacial score (nSPS) is 12.1. The van der Waals surface area contributed by atoms with E-state index in [1.807, 2.05) is 0 Å². The first kappa shape index (κ1) is 18.1. The first-order valence-corrected chi connectivity index (χ1v) is 7.84. The molecule has 0 saturated carbocycles. The van der Waals surface area contributed by atoms with Crippen LogP contribution < -0.4 is 5.32 Å². The smallest absolute Gasteiger partial charge is 0.0716 e. The van der Waals surface area contributed by atoms with Crippen molar-refractivity contribution in [3.63, 3.8) is 0 Å². The molecular weight excluding hydrogens is 262 g/mol. The van der Waals surface area contributed by atoms with Crippen molar-refractivity contribution in [1.29, 1.82) is 0 Å². The van der Waals surface area contributed by atoms with E-state index in [0.29, 0.717) is 12.5 Å². The summed E-state index contributed by atoms with van der Waals surface area (Å²) < 4.78 is 11.1. The van der Waals surface area contributed by atoms with Crippen molar-refractivity contribution in [2.75, 3.05) is 20.3 Å². The van der Waals surface area contributed by atoms with Crippen molar-refractivity contribution >= 4 is 0 Å². The molecule has 0 bridgehead atoms. The van der Waals surface area contributed by atoms with Gasteiger partial charge in [-0.15, -0.1) is 0 Å². The van der Waals surface area contributed by atoms with E-state index in [4.69, 9.17) is 9.47 Å². The minimum atomic E-state index is -0.109. The van der Waals surface area contributed by atoms with E-state index >= 15 is 0 Å². The largest absolute Gasteiger partial charge is 0.379 e. The van der Waals surface area contributed by atoms with Crippen LogP contribution in [0.5, 0.6) is 0 Å². The van der Waals surface area contributed by atoms with E-state index < -0.39 is 0 Å². The molecule has 0 aliphatic rings. The molecule has 0 saturated heterocycles. The Bertz CT molecular complexity index is 402. The Morgan fingerprint density at radius 3 is 2.57 bits per heavy atom. The Kier molecular flexibility index (Phi) is 7.94. The second-order valence-corrected chi connectivity index (χ2v) is 6.61. The van der Waals surface area contributed by atoms with Gasteiger partial charge >= 0.3 is 0 Å². The Morgan fingerprint density at radius 2 is 1.90 bits per heavy atom. The summed E-state index contributed by atoms with van der Waals surface area (Å²) in [6.45, 7) is 12.0. The third-order valence-electron chi connectivity index (χ3n) is 3.54. The maximum atomic E-state index is 5.75. The molecule has 3 heteroatoms. The topological polar surface area (TPSA) is 30.5 Å². The summed E-state index contributed by atoms with van der Waals surface area (Å²) in [6, 6.07) is 8.59. The second-order valence-electron chi connectivity index (χ2n) is 6.61. The summed E-state index contributed by atoms with van der Waals surface area (Å²) in [5, 5.41) is 3.47. The molecule has 0 unspecified atom stereocenters. The quantitative estimate of drug-likeness (QED) is 0.666. The predicted octanol–water partition coefficient (Wildman–Crippen LogP) is 3.76.